The van der Waals surface area contributed by atoms with Gasteiger partial charge in [0.2, 0.25) is 10.0 Å². The molecule has 1 aromatic rings. The zero-order chi connectivity index (χ0) is 17.3. The van der Waals surface area contributed by atoms with Gasteiger partial charge in [0.05, 0.1) is 17.1 Å². The SMILES string of the molecule is C=CCN(CCC1C2C=CC(O2)C1C)S(=O)(=O)c1ccc(C)cc1. The second kappa shape index (κ2) is 6.82. The summed E-state index contributed by atoms with van der Waals surface area (Å²) >= 11 is 0. The zero-order valence-electron chi connectivity index (χ0n) is 14.3. The molecule has 0 saturated carbocycles. The highest BCUT2D eigenvalue weighted by molar-refractivity contribution is 7.89. The van der Waals surface area contributed by atoms with Crippen LogP contribution in [-0.2, 0) is 14.8 Å². The van der Waals surface area contributed by atoms with Gasteiger partial charge >= 0.3 is 0 Å². The highest BCUT2D eigenvalue weighted by atomic mass is 32.2. The lowest BCUT2D eigenvalue weighted by Crippen LogP contribution is -2.35. The Kier molecular flexibility index (Phi) is 4.95. The molecule has 2 aliphatic rings. The number of hydrogen-bond donors (Lipinski definition) is 0. The molecule has 4 atom stereocenters. The Morgan fingerprint density at radius 1 is 1.21 bits per heavy atom. The molecule has 2 heterocycles. The molecule has 1 fully saturated rings. The summed E-state index contributed by atoms with van der Waals surface area (Å²) in [4.78, 5) is 0.340. The van der Waals surface area contributed by atoms with Crippen LogP contribution >= 0.6 is 0 Å². The third-order valence-electron chi connectivity index (χ3n) is 5.12. The van der Waals surface area contributed by atoms with E-state index in [2.05, 4.69) is 25.7 Å². The van der Waals surface area contributed by atoms with Crippen molar-refractivity contribution in [3.05, 3.63) is 54.6 Å². The summed E-state index contributed by atoms with van der Waals surface area (Å²) in [5.41, 5.74) is 1.05. The van der Waals surface area contributed by atoms with Crippen LogP contribution in [-0.4, -0.2) is 38.0 Å². The molecule has 130 valence electrons. The van der Waals surface area contributed by atoms with Crippen LogP contribution in [0.15, 0.2) is 54.0 Å². The number of nitrogens with zero attached hydrogens (tertiary/aromatic N) is 1. The largest absolute Gasteiger partial charge is 0.366 e. The first kappa shape index (κ1) is 17.4. The molecule has 2 bridgehead atoms. The topological polar surface area (TPSA) is 46.6 Å². The second-order valence-electron chi connectivity index (χ2n) is 6.73. The molecular weight excluding hydrogens is 322 g/mol. The number of fused-ring (bicyclic) bond motifs is 2. The van der Waals surface area contributed by atoms with Crippen LogP contribution in [0.4, 0.5) is 0 Å². The summed E-state index contributed by atoms with van der Waals surface area (Å²) in [6.07, 6.45) is 7.01. The molecule has 4 nitrogen and oxygen atoms in total. The maximum atomic E-state index is 12.9. The third kappa shape index (κ3) is 3.21. The fraction of sp³-hybridized carbons (Fsp3) is 0.474. The molecule has 0 aromatic heterocycles. The number of benzene rings is 1. The van der Waals surface area contributed by atoms with E-state index in [0.717, 1.165) is 12.0 Å². The first-order valence-corrected chi connectivity index (χ1v) is 9.89. The van der Waals surface area contributed by atoms with E-state index in [0.29, 0.717) is 29.8 Å². The van der Waals surface area contributed by atoms with E-state index < -0.39 is 10.0 Å². The standard InChI is InChI=1S/C19H25NO3S/c1-4-12-20(24(21,22)16-7-5-14(2)6-8-16)13-11-17-15(3)18-9-10-19(17)23-18/h4-10,15,17-19H,1,11-13H2,2-3H3. The fourth-order valence-electron chi connectivity index (χ4n) is 3.61. The number of sulfonamides is 1. The monoisotopic (exact) mass is 347 g/mol. The molecule has 0 radical (unpaired) electrons. The molecular formula is C19H25NO3S. The van der Waals surface area contributed by atoms with Crippen molar-refractivity contribution in [2.45, 2.75) is 37.4 Å². The highest BCUT2D eigenvalue weighted by Gasteiger charge is 2.43. The van der Waals surface area contributed by atoms with Crippen molar-refractivity contribution in [3.63, 3.8) is 0 Å². The summed E-state index contributed by atoms with van der Waals surface area (Å²) in [6.45, 7) is 8.65. The van der Waals surface area contributed by atoms with Crippen molar-refractivity contribution in [1.29, 1.82) is 0 Å². The molecule has 0 aliphatic carbocycles. The zero-order valence-corrected chi connectivity index (χ0v) is 15.1. The molecule has 4 unspecified atom stereocenters. The Labute approximate surface area is 144 Å². The van der Waals surface area contributed by atoms with Crippen molar-refractivity contribution in [2.75, 3.05) is 13.1 Å². The minimum Gasteiger partial charge on any atom is -0.366 e. The normalized spacial score (nSPS) is 28.6. The van der Waals surface area contributed by atoms with Gasteiger partial charge in [0, 0.05) is 13.1 Å². The molecule has 24 heavy (non-hydrogen) atoms. The summed E-state index contributed by atoms with van der Waals surface area (Å²) in [6, 6.07) is 7.00. The van der Waals surface area contributed by atoms with Crippen molar-refractivity contribution in [3.8, 4) is 0 Å². The molecule has 0 spiro atoms. The van der Waals surface area contributed by atoms with Gasteiger partial charge in [0.15, 0.2) is 0 Å². The Bertz CT molecular complexity index is 723. The van der Waals surface area contributed by atoms with Crippen LogP contribution < -0.4 is 0 Å². The minimum absolute atomic E-state index is 0.137. The number of hydrogen-bond acceptors (Lipinski definition) is 3. The lowest BCUT2D eigenvalue weighted by atomic mass is 9.82. The second-order valence-corrected chi connectivity index (χ2v) is 8.66. The molecule has 3 rings (SSSR count). The molecule has 5 heteroatoms. The average molecular weight is 347 g/mol. The predicted molar refractivity (Wildman–Crippen MR) is 95.2 cm³/mol. The van der Waals surface area contributed by atoms with E-state index in [1.807, 2.05) is 19.1 Å². The lowest BCUT2D eigenvalue weighted by molar-refractivity contribution is 0.103. The molecule has 0 amide bonds. The molecule has 0 N–H and O–H groups in total. The van der Waals surface area contributed by atoms with E-state index in [9.17, 15) is 8.42 Å². The third-order valence-corrected chi connectivity index (χ3v) is 7.00. The van der Waals surface area contributed by atoms with Crippen molar-refractivity contribution in [1.82, 2.24) is 4.31 Å². The van der Waals surface area contributed by atoms with Gasteiger partial charge in [-0.3, -0.25) is 0 Å². The maximum Gasteiger partial charge on any atom is 0.243 e. The molecule has 1 saturated heterocycles. The first-order chi connectivity index (χ1) is 11.4. The van der Waals surface area contributed by atoms with Gasteiger partial charge in [-0.25, -0.2) is 8.42 Å². The van der Waals surface area contributed by atoms with E-state index in [-0.39, 0.29) is 12.2 Å². The van der Waals surface area contributed by atoms with Crippen molar-refractivity contribution < 1.29 is 13.2 Å². The van der Waals surface area contributed by atoms with Gasteiger partial charge in [-0.15, -0.1) is 6.58 Å². The Hall–Kier alpha value is -1.43. The first-order valence-electron chi connectivity index (χ1n) is 8.45. The van der Waals surface area contributed by atoms with Gasteiger partial charge < -0.3 is 4.74 Å². The Morgan fingerprint density at radius 2 is 1.88 bits per heavy atom. The maximum absolute atomic E-state index is 12.9. The van der Waals surface area contributed by atoms with Crippen LogP contribution in [0, 0.1) is 18.8 Å². The van der Waals surface area contributed by atoms with Crippen LogP contribution in [0.2, 0.25) is 0 Å². The number of ether oxygens (including phenoxy) is 1. The lowest BCUT2D eigenvalue weighted by Gasteiger charge is -2.26. The van der Waals surface area contributed by atoms with Crippen LogP contribution in [0.3, 0.4) is 0 Å². The van der Waals surface area contributed by atoms with Gasteiger partial charge in [-0.2, -0.15) is 4.31 Å². The highest BCUT2D eigenvalue weighted by Crippen LogP contribution is 2.40. The van der Waals surface area contributed by atoms with E-state index >= 15 is 0 Å². The smallest absolute Gasteiger partial charge is 0.243 e. The Balaban J connectivity index is 1.73. The van der Waals surface area contributed by atoms with E-state index in [1.165, 1.54) is 4.31 Å². The van der Waals surface area contributed by atoms with Gasteiger partial charge in [-0.05, 0) is 37.3 Å². The van der Waals surface area contributed by atoms with Gasteiger partial charge in [-0.1, -0.05) is 42.8 Å². The summed E-state index contributed by atoms with van der Waals surface area (Å²) in [5, 5.41) is 0. The molecule has 2 aliphatic heterocycles. The summed E-state index contributed by atoms with van der Waals surface area (Å²) < 4.78 is 33.2. The van der Waals surface area contributed by atoms with Gasteiger partial charge in [0.1, 0.15) is 0 Å². The minimum atomic E-state index is -3.50. The number of aryl methyl sites for hydroxylation is 1. The summed E-state index contributed by atoms with van der Waals surface area (Å²) in [5.74, 6) is 0.813. The molecule has 1 aromatic carbocycles. The van der Waals surface area contributed by atoms with E-state index in [1.54, 1.807) is 18.2 Å². The van der Waals surface area contributed by atoms with Crippen LogP contribution in [0.25, 0.3) is 0 Å². The predicted octanol–water partition coefficient (Wildman–Crippen LogP) is 3.15. The van der Waals surface area contributed by atoms with Crippen molar-refractivity contribution >= 4 is 10.0 Å². The van der Waals surface area contributed by atoms with Crippen LogP contribution in [0.1, 0.15) is 18.9 Å². The Morgan fingerprint density at radius 3 is 2.46 bits per heavy atom. The van der Waals surface area contributed by atoms with Gasteiger partial charge in [0.25, 0.3) is 0 Å². The summed E-state index contributed by atoms with van der Waals surface area (Å²) in [7, 11) is -3.50. The fourth-order valence-corrected chi connectivity index (χ4v) is 5.04. The van der Waals surface area contributed by atoms with Crippen LogP contribution in [0.5, 0.6) is 0 Å². The van der Waals surface area contributed by atoms with Crippen molar-refractivity contribution in [2.24, 2.45) is 11.8 Å². The number of rotatable bonds is 7. The quantitative estimate of drug-likeness (QED) is 0.712. The van der Waals surface area contributed by atoms with E-state index in [4.69, 9.17) is 4.74 Å². The average Bonchev–Trinajstić information content (AvgIpc) is 3.14.